The molecule has 0 rings (SSSR count). The van der Waals surface area contributed by atoms with Gasteiger partial charge >= 0.3 is 7.60 Å². The molecule has 0 radical (unpaired) electrons. The summed E-state index contributed by atoms with van der Waals surface area (Å²) < 4.78 is 37.2. The van der Waals surface area contributed by atoms with Crippen LogP contribution in [0.5, 0.6) is 0 Å². The quantitative estimate of drug-likeness (QED) is 0.519. The van der Waals surface area contributed by atoms with E-state index in [0.29, 0.717) is 25.9 Å². The molecule has 0 spiro atoms. The molecule has 0 aliphatic rings. The van der Waals surface area contributed by atoms with E-state index in [4.69, 9.17) is 14.3 Å². The Balaban J connectivity index is 5.04. The highest BCUT2D eigenvalue weighted by molar-refractivity contribution is 7.62. The van der Waals surface area contributed by atoms with Crippen LogP contribution in [0.2, 0.25) is 0 Å². The highest BCUT2D eigenvalue weighted by Gasteiger charge is 2.36. The highest BCUT2D eigenvalue weighted by atomic mass is 31.2. The third-order valence-electron chi connectivity index (χ3n) is 3.81. The summed E-state index contributed by atoms with van der Waals surface area (Å²) in [5.74, 6) is 0. The SMILES string of the molecule is COP(=O)(CCCN(CCC#N)P(=O)(C(C)C)C(C)C)OC. The minimum Gasteiger partial charge on any atom is -0.312 e. The first kappa shape index (κ1) is 21.8. The predicted molar refractivity (Wildman–Crippen MR) is 90.8 cm³/mol. The van der Waals surface area contributed by atoms with Crippen molar-refractivity contribution in [2.75, 3.05) is 33.5 Å². The molecule has 0 aromatic heterocycles. The molecule has 8 heteroatoms. The van der Waals surface area contributed by atoms with E-state index in [9.17, 15) is 9.13 Å². The predicted octanol–water partition coefficient (Wildman–Crippen LogP) is 4.17. The van der Waals surface area contributed by atoms with E-state index >= 15 is 0 Å². The van der Waals surface area contributed by atoms with Crippen LogP contribution in [0.1, 0.15) is 40.5 Å². The lowest BCUT2D eigenvalue weighted by Gasteiger charge is -2.37. The first-order valence-electron chi connectivity index (χ1n) is 7.60. The third-order valence-corrected chi connectivity index (χ3v) is 10.0. The van der Waals surface area contributed by atoms with Gasteiger partial charge in [-0.05, 0) is 6.42 Å². The summed E-state index contributed by atoms with van der Waals surface area (Å²) in [7, 11) is -2.90. The van der Waals surface area contributed by atoms with Crippen molar-refractivity contribution in [3.8, 4) is 6.07 Å². The van der Waals surface area contributed by atoms with Crippen molar-refractivity contribution in [2.45, 2.75) is 51.9 Å². The van der Waals surface area contributed by atoms with Crippen LogP contribution < -0.4 is 0 Å². The molecule has 6 nitrogen and oxygen atoms in total. The van der Waals surface area contributed by atoms with Gasteiger partial charge in [0.05, 0.1) is 12.2 Å². The Morgan fingerprint density at radius 1 is 1.05 bits per heavy atom. The molecule has 22 heavy (non-hydrogen) atoms. The fraction of sp³-hybridized carbons (Fsp3) is 0.929. The summed E-state index contributed by atoms with van der Waals surface area (Å²) in [6.07, 6.45) is 1.16. The maximum atomic E-state index is 13.4. The van der Waals surface area contributed by atoms with Crippen LogP contribution in [-0.4, -0.2) is 49.5 Å². The second-order valence-electron chi connectivity index (χ2n) is 5.77. The summed E-state index contributed by atoms with van der Waals surface area (Å²) in [6.45, 7) is 8.80. The Kier molecular flexibility index (Phi) is 9.78. The molecular weight excluding hydrogens is 322 g/mol. The Labute approximate surface area is 135 Å². The van der Waals surface area contributed by atoms with Gasteiger partial charge in [-0.15, -0.1) is 0 Å². The van der Waals surface area contributed by atoms with Crippen LogP contribution in [0.3, 0.4) is 0 Å². The van der Waals surface area contributed by atoms with Crippen LogP contribution in [0, 0.1) is 11.3 Å². The fourth-order valence-electron chi connectivity index (χ4n) is 2.56. The maximum absolute atomic E-state index is 13.4. The van der Waals surface area contributed by atoms with Gasteiger partial charge in [0.25, 0.3) is 0 Å². The molecule has 0 saturated heterocycles. The molecule has 130 valence electrons. The van der Waals surface area contributed by atoms with Crippen LogP contribution in [0.15, 0.2) is 0 Å². The molecule has 0 atom stereocenters. The number of nitriles is 1. The minimum atomic E-state index is -3.04. The summed E-state index contributed by atoms with van der Waals surface area (Å²) in [4.78, 5) is 0. The van der Waals surface area contributed by atoms with Crippen molar-refractivity contribution >= 4 is 14.9 Å². The van der Waals surface area contributed by atoms with Gasteiger partial charge in [0.15, 0.2) is 7.29 Å². The summed E-state index contributed by atoms with van der Waals surface area (Å²) in [5, 5.41) is 8.84. The van der Waals surface area contributed by atoms with Gasteiger partial charge < -0.3 is 13.6 Å². The standard InChI is InChI=1S/C14H30N2O4P2/c1-13(2)22(18,14(3)4)16(10-7-9-15)11-8-12-21(17,19-5)20-6/h13-14H,7-8,10-12H2,1-6H3. The summed E-state index contributed by atoms with van der Waals surface area (Å²) >= 11 is 0. The summed E-state index contributed by atoms with van der Waals surface area (Å²) in [5.41, 5.74) is 0.0331. The smallest absolute Gasteiger partial charge is 0.312 e. The number of hydrogen-bond acceptors (Lipinski definition) is 5. The summed E-state index contributed by atoms with van der Waals surface area (Å²) in [6, 6.07) is 2.11. The topological polar surface area (TPSA) is 79.6 Å². The van der Waals surface area contributed by atoms with Gasteiger partial charge in [-0.1, -0.05) is 27.7 Å². The van der Waals surface area contributed by atoms with Crippen LogP contribution in [0.4, 0.5) is 0 Å². The van der Waals surface area contributed by atoms with Gasteiger partial charge in [-0.2, -0.15) is 5.26 Å². The zero-order valence-electron chi connectivity index (χ0n) is 14.6. The van der Waals surface area contributed by atoms with Crippen molar-refractivity contribution in [1.82, 2.24) is 4.67 Å². The number of nitrogens with zero attached hydrogens (tertiary/aromatic N) is 2. The first-order chi connectivity index (χ1) is 10.2. The second kappa shape index (κ2) is 9.85. The van der Waals surface area contributed by atoms with Crippen molar-refractivity contribution in [3.05, 3.63) is 0 Å². The molecule has 0 bridgehead atoms. The second-order valence-corrected chi connectivity index (χ2v) is 12.2. The number of rotatable bonds is 11. The molecular formula is C14H30N2O4P2. The monoisotopic (exact) mass is 352 g/mol. The molecule has 0 aromatic carbocycles. The lowest BCUT2D eigenvalue weighted by Crippen LogP contribution is -2.31. The number of hydrogen-bond donors (Lipinski definition) is 0. The van der Waals surface area contributed by atoms with Crippen molar-refractivity contribution in [2.24, 2.45) is 0 Å². The molecule has 0 aliphatic heterocycles. The molecule has 0 aliphatic carbocycles. The van der Waals surface area contributed by atoms with Crippen LogP contribution in [-0.2, 0) is 18.2 Å². The normalized spacial score (nSPS) is 13.1. The van der Waals surface area contributed by atoms with E-state index < -0.39 is 14.9 Å². The van der Waals surface area contributed by atoms with E-state index in [1.165, 1.54) is 14.2 Å². The third kappa shape index (κ3) is 5.80. The lowest BCUT2D eigenvalue weighted by atomic mass is 10.4. The zero-order chi connectivity index (χ0) is 17.4. The van der Waals surface area contributed by atoms with E-state index in [-0.39, 0.29) is 17.5 Å². The lowest BCUT2D eigenvalue weighted by molar-refractivity contribution is 0.273. The molecule has 0 fully saturated rings. The maximum Gasteiger partial charge on any atom is 0.330 e. The van der Waals surface area contributed by atoms with Crippen molar-refractivity contribution in [3.63, 3.8) is 0 Å². The Morgan fingerprint density at radius 2 is 1.55 bits per heavy atom. The van der Waals surface area contributed by atoms with Gasteiger partial charge in [0.2, 0.25) is 0 Å². The highest BCUT2D eigenvalue weighted by Crippen LogP contribution is 2.58. The minimum absolute atomic E-state index is 0.0165. The van der Waals surface area contributed by atoms with Gasteiger partial charge in [0, 0.05) is 45.0 Å². The van der Waals surface area contributed by atoms with Crippen LogP contribution >= 0.6 is 14.9 Å². The van der Waals surface area contributed by atoms with E-state index in [2.05, 4.69) is 6.07 Å². The van der Waals surface area contributed by atoms with E-state index in [1.54, 1.807) is 0 Å². The molecule has 0 unspecified atom stereocenters. The molecule has 0 amide bonds. The van der Waals surface area contributed by atoms with Crippen molar-refractivity contribution < 1.29 is 18.2 Å². The average molecular weight is 352 g/mol. The Hall–Kier alpha value is -0.170. The zero-order valence-corrected chi connectivity index (χ0v) is 16.4. The van der Waals surface area contributed by atoms with Gasteiger partial charge in [0.1, 0.15) is 0 Å². The first-order valence-corrected chi connectivity index (χ1v) is 11.1. The van der Waals surface area contributed by atoms with E-state index in [1.807, 2.05) is 32.4 Å². The molecule has 0 aromatic rings. The van der Waals surface area contributed by atoms with Crippen LogP contribution in [0.25, 0.3) is 0 Å². The largest absolute Gasteiger partial charge is 0.330 e. The Bertz CT molecular complexity index is 440. The Morgan fingerprint density at radius 3 is 1.91 bits per heavy atom. The fourth-order valence-corrected chi connectivity index (χ4v) is 6.97. The van der Waals surface area contributed by atoms with Crippen molar-refractivity contribution in [1.29, 1.82) is 5.26 Å². The molecule has 0 N–H and O–H groups in total. The van der Waals surface area contributed by atoms with Gasteiger partial charge in [-0.3, -0.25) is 9.24 Å². The molecule has 0 heterocycles. The van der Waals surface area contributed by atoms with E-state index in [0.717, 1.165) is 0 Å². The average Bonchev–Trinajstić information content (AvgIpc) is 2.49. The molecule has 0 saturated carbocycles. The van der Waals surface area contributed by atoms with Gasteiger partial charge in [-0.25, -0.2) is 0 Å².